The Hall–Kier alpha value is -2.80. The van der Waals surface area contributed by atoms with E-state index >= 15 is 0 Å². The van der Waals surface area contributed by atoms with Crippen LogP contribution in [0.3, 0.4) is 0 Å². The Bertz CT molecular complexity index is 809. The molecule has 1 heterocycles. The van der Waals surface area contributed by atoms with Gasteiger partial charge in [-0.25, -0.2) is 0 Å². The highest BCUT2D eigenvalue weighted by atomic mass is 35.5. The summed E-state index contributed by atoms with van der Waals surface area (Å²) >= 11 is 5.75. The first-order valence-electron chi connectivity index (χ1n) is 7.19. The van der Waals surface area contributed by atoms with Gasteiger partial charge in [-0.15, -0.1) is 0 Å². The maximum Gasteiger partial charge on any atom is 0.283 e. The van der Waals surface area contributed by atoms with Crippen molar-refractivity contribution in [2.75, 3.05) is 18.5 Å². The predicted molar refractivity (Wildman–Crippen MR) is 88.1 cm³/mol. The molecule has 0 spiro atoms. The quantitative estimate of drug-likeness (QED) is 0.675. The normalized spacial score (nSPS) is 13.0. The van der Waals surface area contributed by atoms with Gasteiger partial charge in [0.25, 0.3) is 11.6 Å². The van der Waals surface area contributed by atoms with E-state index < -0.39 is 10.8 Å². The number of amides is 1. The number of rotatable bonds is 3. The van der Waals surface area contributed by atoms with Crippen LogP contribution in [0.2, 0.25) is 5.02 Å². The van der Waals surface area contributed by atoms with E-state index in [1.165, 1.54) is 12.1 Å². The smallest absolute Gasteiger partial charge is 0.283 e. The molecule has 0 fully saturated rings. The third-order valence-electron chi connectivity index (χ3n) is 3.41. The van der Waals surface area contributed by atoms with Gasteiger partial charge in [0.1, 0.15) is 5.56 Å². The zero-order chi connectivity index (χ0) is 17.1. The van der Waals surface area contributed by atoms with Crippen molar-refractivity contribution in [2.24, 2.45) is 0 Å². The number of anilines is 1. The molecule has 0 saturated heterocycles. The van der Waals surface area contributed by atoms with E-state index in [2.05, 4.69) is 5.32 Å². The third-order valence-corrected chi connectivity index (χ3v) is 3.64. The second-order valence-electron chi connectivity index (χ2n) is 5.08. The first kappa shape index (κ1) is 16.1. The van der Waals surface area contributed by atoms with Crippen LogP contribution >= 0.6 is 11.6 Å². The highest BCUT2D eigenvalue weighted by Gasteiger charge is 2.21. The molecule has 0 saturated carbocycles. The lowest BCUT2D eigenvalue weighted by Gasteiger charge is -2.10. The maximum absolute atomic E-state index is 12.4. The topological polar surface area (TPSA) is 90.7 Å². The minimum atomic E-state index is -0.644. The first-order chi connectivity index (χ1) is 11.5. The highest BCUT2D eigenvalue weighted by molar-refractivity contribution is 6.31. The van der Waals surface area contributed by atoms with Gasteiger partial charge in [0.15, 0.2) is 11.5 Å². The van der Waals surface area contributed by atoms with Gasteiger partial charge in [-0.3, -0.25) is 14.9 Å². The van der Waals surface area contributed by atoms with Crippen LogP contribution in [-0.2, 0) is 0 Å². The second-order valence-corrected chi connectivity index (χ2v) is 5.52. The SMILES string of the molecule is O=C(Nc1ccc2c(c1)OCCCO2)c1ccc(Cl)cc1[N+](=O)[O-]. The minimum absolute atomic E-state index is 0.0727. The molecule has 0 aliphatic carbocycles. The molecule has 1 N–H and O–H groups in total. The Morgan fingerprint density at radius 3 is 2.62 bits per heavy atom. The Kier molecular flexibility index (Phi) is 4.52. The summed E-state index contributed by atoms with van der Waals surface area (Å²) in [5.41, 5.74) is 0.0272. The molecule has 0 atom stereocenters. The average Bonchev–Trinajstić information content (AvgIpc) is 2.79. The van der Waals surface area contributed by atoms with E-state index in [4.69, 9.17) is 21.1 Å². The summed E-state index contributed by atoms with van der Waals surface area (Å²) in [7, 11) is 0. The number of nitrogens with one attached hydrogen (secondary N) is 1. The number of halogens is 1. The van der Waals surface area contributed by atoms with Crippen molar-refractivity contribution in [3.8, 4) is 11.5 Å². The molecule has 0 unspecified atom stereocenters. The van der Waals surface area contributed by atoms with E-state index in [1.807, 2.05) is 0 Å². The van der Waals surface area contributed by atoms with Crippen LogP contribution in [0.15, 0.2) is 36.4 Å². The van der Waals surface area contributed by atoms with Crippen molar-refractivity contribution in [2.45, 2.75) is 6.42 Å². The molecule has 8 heteroatoms. The summed E-state index contributed by atoms with van der Waals surface area (Å²) in [6.45, 7) is 1.09. The fourth-order valence-corrected chi connectivity index (χ4v) is 2.45. The molecule has 24 heavy (non-hydrogen) atoms. The number of benzene rings is 2. The van der Waals surface area contributed by atoms with Gasteiger partial charge in [-0.05, 0) is 24.3 Å². The number of ether oxygens (including phenoxy) is 2. The molecule has 1 aliphatic heterocycles. The number of hydrogen-bond acceptors (Lipinski definition) is 5. The Labute approximate surface area is 142 Å². The maximum atomic E-state index is 12.4. The molecule has 1 aliphatic rings. The van der Waals surface area contributed by atoms with Crippen molar-refractivity contribution in [1.82, 2.24) is 0 Å². The van der Waals surface area contributed by atoms with Crippen LogP contribution in [-0.4, -0.2) is 24.0 Å². The Morgan fingerprint density at radius 2 is 1.88 bits per heavy atom. The van der Waals surface area contributed by atoms with Crippen LogP contribution in [0.5, 0.6) is 11.5 Å². The van der Waals surface area contributed by atoms with Crippen LogP contribution in [0.25, 0.3) is 0 Å². The molecular weight excluding hydrogens is 336 g/mol. The molecule has 2 aromatic carbocycles. The molecule has 1 amide bonds. The molecule has 0 bridgehead atoms. The third kappa shape index (κ3) is 3.41. The standard InChI is InChI=1S/C16H13ClN2O5/c17-10-2-4-12(13(8-10)19(21)22)16(20)18-11-3-5-14-15(9-11)24-7-1-6-23-14/h2-5,8-9H,1,6-7H2,(H,18,20). The summed E-state index contributed by atoms with van der Waals surface area (Å²) in [5, 5.41) is 13.9. The van der Waals surface area contributed by atoms with Gasteiger partial charge in [0, 0.05) is 29.3 Å². The summed E-state index contributed by atoms with van der Waals surface area (Å²) in [6.07, 6.45) is 0.771. The lowest BCUT2D eigenvalue weighted by Crippen LogP contribution is -2.14. The minimum Gasteiger partial charge on any atom is -0.490 e. The largest absolute Gasteiger partial charge is 0.490 e. The summed E-state index contributed by atoms with van der Waals surface area (Å²) in [5.74, 6) is 0.520. The number of carbonyl (C=O) groups excluding carboxylic acids is 1. The number of carbonyl (C=O) groups is 1. The van der Waals surface area contributed by atoms with Gasteiger partial charge in [0.05, 0.1) is 18.1 Å². The number of nitrogens with zero attached hydrogens (tertiary/aromatic N) is 1. The van der Waals surface area contributed by atoms with E-state index in [-0.39, 0.29) is 16.3 Å². The van der Waals surface area contributed by atoms with Crippen molar-refractivity contribution >= 4 is 28.9 Å². The van der Waals surface area contributed by atoms with E-state index in [0.717, 1.165) is 12.5 Å². The van der Waals surface area contributed by atoms with Crippen molar-refractivity contribution in [3.63, 3.8) is 0 Å². The summed E-state index contributed by atoms with van der Waals surface area (Å²) in [6, 6.07) is 8.85. The highest BCUT2D eigenvalue weighted by Crippen LogP contribution is 2.33. The van der Waals surface area contributed by atoms with Gasteiger partial charge in [-0.2, -0.15) is 0 Å². The molecule has 0 aromatic heterocycles. The van der Waals surface area contributed by atoms with Crippen molar-refractivity contribution < 1.29 is 19.2 Å². The zero-order valence-electron chi connectivity index (χ0n) is 12.5. The van der Waals surface area contributed by atoms with Gasteiger partial charge in [0.2, 0.25) is 0 Å². The van der Waals surface area contributed by atoms with Crippen molar-refractivity contribution in [3.05, 3.63) is 57.1 Å². The molecule has 3 rings (SSSR count). The Balaban J connectivity index is 1.85. The monoisotopic (exact) mass is 348 g/mol. The molecule has 7 nitrogen and oxygen atoms in total. The fraction of sp³-hybridized carbons (Fsp3) is 0.188. The predicted octanol–water partition coefficient (Wildman–Crippen LogP) is 3.66. The zero-order valence-corrected chi connectivity index (χ0v) is 13.2. The van der Waals surface area contributed by atoms with Gasteiger partial charge < -0.3 is 14.8 Å². The van der Waals surface area contributed by atoms with E-state index in [1.54, 1.807) is 18.2 Å². The summed E-state index contributed by atoms with van der Waals surface area (Å²) < 4.78 is 11.1. The number of fused-ring (bicyclic) bond motifs is 1. The molecule has 0 radical (unpaired) electrons. The summed E-state index contributed by atoms with van der Waals surface area (Å²) in [4.78, 5) is 22.8. The molecule has 124 valence electrons. The molecular formula is C16H13ClN2O5. The van der Waals surface area contributed by atoms with E-state index in [9.17, 15) is 14.9 Å². The lowest BCUT2D eigenvalue weighted by atomic mass is 10.1. The van der Waals surface area contributed by atoms with Crippen LogP contribution in [0.4, 0.5) is 11.4 Å². The lowest BCUT2D eigenvalue weighted by molar-refractivity contribution is -0.385. The van der Waals surface area contributed by atoms with Gasteiger partial charge in [-0.1, -0.05) is 11.6 Å². The van der Waals surface area contributed by atoms with E-state index in [0.29, 0.717) is 30.4 Å². The number of hydrogen-bond donors (Lipinski definition) is 1. The number of nitro benzene ring substituents is 1. The number of nitro groups is 1. The first-order valence-corrected chi connectivity index (χ1v) is 7.57. The van der Waals surface area contributed by atoms with Gasteiger partial charge >= 0.3 is 0 Å². The average molecular weight is 349 g/mol. The fourth-order valence-electron chi connectivity index (χ4n) is 2.29. The van der Waals surface area contributed by atoms with Crippen LogP contribution < -0.4 is 14.8 Å². The Morgan fingerprint density at radius 1 is 1.12 bits per heavy atom. The second kappa shape index (κ2) is 6.76. The van der Waals surface area contributed by atoms with Crippen LogP contribution in [0.1, 0.15) is 16.8 Å². The molecule has 2 aromatic rings. The van der Waals surface area contributed by atoms with Crippen molar-refractivity contribution in [1.29, 1.82) is 0 Å². The van der Waals surface area contributed by atoms with Crippen LogP contribution in [0, 0.1) is 10.1 Å².